The predicted octanol–water partition coefficient (Wildman–Crippen LogP) is 2.39. The van der Waals surface area contributed by atoms with Crippen molar-refractivity contribution >= 4 is 23.4 Å². The SMILES string of the molecule is CCC(C)N1C(=O)[C@H]2C(CC(C)C)NC3(C(=O)Nc4ccc(F)cc43)[C@H]2C1=O. The Hall–Kier alpha value is -2.28. The van der Waals surface area contributed by atoms with Gasteiger partial charge < -0.3 is 5.32 Å². The summed E-state index contributed by atoms with van der Waals surface area (Å²) in [7, 11) is 0. The van der Waals surface area contributed by atoms with Gasteiger partial charge >= 0.3 is 0 Å². The molecule has 3 aliphatic heterocycles. The summed E-state index contributed by atoms with van der Waals surface area (Å²) in [6, 6.07) is 3.54. The lowest BCUT2D eigenvalue weighted by molar-refractivity contribution is -0.145. The van der Waals surface area contributed by atoms with E-state index in [0.717, 1.165) is 0 Å². The topological polar surface area (TPSA) is 78.5 Å². The maximum absolute atomic E-state index is 14.1. The van der Waals surface area contributed by atoms with Crippen molar-refractivity contribution in [3.63, 3.8) is 0 Å². The first kappa shape index (κ1) is 19.1. The van der Waals surface area contributed by atoms with Crippen molar-refractivity contribution < 1.29 is 18.8 Å². The normalized spacial score (nSPS) is 32.3. The fourth-order valence-corrected chi connectivity index (χ4v) is 5.12. The van der Waals surface area contributed by atoms with E-state index in [-0.39, 0.29) is 35.7 Å². The summed E-state index contributed by atoms with van der Waals surface area (Å²) in [6.07, 6.45) is 1.29. The van der Waals surface area contributed by atoms with Crippen LogP contribution in [0.4, 0.5) is 10.1 Å². The van der Waals surface area contributed by atoms with Crippen LogP contribution in [0.3, 0.4) is 0 Å². The molecule has 150 valence electrons. The first-order chi connectivity index (χ1) is 13.2. The van der Waals surface area contributed by atoms with Crippen LogP contribution in [0.2, 0.25) is 0 Å². The summed E-state index contributed by atoms with van der Waals surface area (Å²) in [4.78, 5) is 41.2. The van der Waals surface area contributed by atoms with Crippen LogP contribution in [-0.4, -0.2) is 34.7 Å². The van der Waals surface area contributed by atoms with Crippen LogP contribution in [0.15, 0.2) is 18.2 Å². The van der Waals surface area contributed by atoms with Crippen LogP contribution >= 0.6 is 0 Å². The Balaban J connectivity index is 1.89. The van der Waals surface area contributed by atoms with Gasteiger partial charge in [-0.15, -0.1) is 0 Å². The molecule has 3 aliphatic rings. The first-order valence-corrected chi connectivity index (χ1v) is 9.98. The van der Waals surface area contributed by atoms with E-state index < -0.39 is 23.2 Å². The number of hydrogen-bond acceptors (Lipinski definition) is 4. The summed E-state index contributed by atoms with van der Waals surface area (Å²) in [5.41, 5.74) is -0.493. The number of fused-ring (bicyclic) bond motifs is 4. The molecule has 0 aliphatic carbocycles. The van der Waals surface area contributed by atoms with Gasteiger partial charge in [-0.25, -0.2) is 4.39 Å². The predicted molar refractivity (Wildman–Crippen MR) is 102 cm³/mol. The number of hydrogen-bond donors (Lipinski definition) is 2. The highest BCUT2D eigenvalue weighted by molar-refractivity contribution is 6.15. The first-order valence-electron chi connectivity index (χ1n) is 9.98. The van der Waals surface area contributed by atoms with Crippen molar-refractivity contribution in [2.24, 2.45) is 17.8 Å². The molecule has 1 aromatic rings. The molecule has 1 spiro atoms. The fraction of sp³-hybridized carbons (Fsp3) is 0.571. The average Bonchev–Trinajstić information content (AvgIpc) is 3.20. The van der Waals surface area contributed by atoms with Crippen LogP contribution < -0.4 is 10.6 Å². The Labute approximate surface area is 163 Å². The molecule has 3 amide bonds. The molecule has 2 N–H and O–H groups in total. The van der Waals surface area contributed by atoms with E-state index in [4.69, 9.17) is 0 Å². The molecule has 2 fully saturated rings. The van der Waals surface area contributed by atoms with Crippen molar-refractivity contribution in [2.45, 2.75) is 58.2 Å². The van der Waals surface area contributed by atoms with E-state index in [1.165, 1.54) is 23.1 Å². The highest BCUT2D eigenvalue weighted by atomic mass is 19.1. The summed E-state index contributed by atoms with van der Waals surface area (Å²) in [6.45, 7) is 7.85. The lowest BCUT2D eigenvalue weighted by atomic mass is 9.76. The van der Waals surface area contributed by atoms with E-state index in [0.29, 0.717) is 24.1 Å². The van der Waals surface area contributed by atoms with E-state index >= 15 is 0 Å². The lowest BCUT2D eigenvalue weighted by Gasteiger charge is -2.31. The molecule has 5 atom stereocenters. The number of anilines is 1. The fourth-order valence-electron chi connectivity index (χ4n) is 5.12. The Kier molecular flexibility index (Phi) is 4.34. The Morgan fingerprint density at radius 1 is 1.18 bits per heavy atom. The van der Waals surface area contributed by atoms with Crippen molar-refractivity contribution in [1.82, 2.24) is 10.2 Å². The quantitative estimate of drug-likeness (QED) is 0.778. The number of rotatable bonds is 4. The zero-order chi connectivity index (χ0) is 20.4. The molecule has 1 aromatic carbocycles. The number of carbonyl (C=O) groups is 3. The maximum Gasteiger partial charge on any atom is 0.250 e. The molecule has 28 heavy (non-hydrogen) atoms. The van der Waals surface area contributed by atoms with Crippen molar-refractivity contribution in [1.29, 1.82) is 0 Å². The number of nitrogens with zero attached hydrogens (tertiary/aromatic N) is 1. The third-order valence-electron chi connectivity index (χ3n) is 6.47. The van der Waals surface area contributed by atoms with Gasteiger partial charge in [0.2, 0.25) is 17.7 Å². The molecule has 3 heterocycles. The average molecular weight is 387 g/mol. The van der Waals surface area contributed by atoms with Crippen molar-refractivity contribution in [3.05, 3.63) is 29.6 Å². The number of imide groups is 1. The van der Waals surface area contributed by atoms with Gasteiger partial charge in [0, 0.05) is 23.3 Å². The number of halogens is 1. The van der Waals surface area contributed by atoms with Crippen LogP contribution in [-0.2, 0) is 19.9 Å². The highest BCUT2D eigenvalue weighted by Crippen LogP contribution is 2.54. The van der Waals surface area contributed by atoms with Gasteiger partial charge in [-0.05, 0) is 43.9 Å². The molecule has 7 heteroatoms. The summed E-state index contributed by atoms with van der Waals surface area (Å²) in [5.74, 6) is -2.64. The van der Waals surface area contributed by atoms with E-state index in [9.17, 15) is 18.8 Å². The summed E-state index contributed by atoms with van der Waals surface area (Å²) in [5, 5.41) is 6.11. The van der Waals surface area contributed by atoms with Gasteiger partial charge in [0.25, 0.3) is 0 Å². The van der Waals surface area contributed by atoms with Crippen LogP contribution in [0.5, 0.6) is 0 Å². The highest BCUT2D eigenvalue weighted by Gasteiger charge is 2.70. The van der Waals surface area contributed by atoms with Crippen LogP contribution in [0.1, 0.15) is 46.1 Å². The molecular weight excluding hydrogens is 361 g/mol. The second kappa shape index (κ2) is 6.37. The number of carbonyl (C=O) groups excluding carboxylic acids is 3. The minimum atomic E-state index is -1.41. The Bertz CT molecular complexity index is 870. The number of benzene rings is 1. The van der Waals surface area contributed by atoms with E-state index in [2.05, 4.69) is 10.6 Å². The number of amides is 3. The molecule has 4 rings (SSSR count). The van der Waals surface area contributed by atoms with Gasteiger partial charge in [0.1, 0.15) is 11.4 Å². The van der Waals surface area contributed by atoms with Gasteiger partial charge in [-0.1, -0.05) is 20.8 Å². The summed E-state index contributed by atoms with van der Waals surface area (Å²) < 4.78 is 14.1. The number of likely N-dealkylation sites (tertiary alicyclic amines) is 1. The molecule has 6 nitrogen and oxygen atoms in total. The molecule has 0 radical (unpaired) electrons. The minimum Gasteiger partial charge on any atom is -0.324 e. The monoisotopic (exact) mass is 387 g/mol. The van der Waals surface area contributed by atoms with Gasteiger partial charge in [0.15, 0.2) is 0 Å². The third-order valence-corrected chi connectivity index (χ3v) is 6.47. The molecular formula is C21H26FN3O3. The second-order valence-electron chi connectivity index (χ2n) is 8.64. The molecule has 2 saturated heterocycles. The van der Waals surface area contributed by atoms with Crippen LogP contribution in [0.25, 0.3) is 0 Å². The minimum absolute atomic E-state index is 0.225. The third kappa shape index (κ3) is 2.38. The largest absolute Gasteiger partial charge is 0.324 e. The summed E-state index contributed by atoms with van der Waals surface area (Å²) >= 11 is 0. The maximum atomic E-state index is 14.1. The zero-order valence-electron chi connectivity index (χ0n) is 16.6. The van der Waals surface area contributed by atoms with Gasteiger partial charge in [0.05, 0.1) is 11.8 Å². The zero-order valence-corrected chi connectivity index (χ0v) is 16.6. The van der Waals surface area contributed by atoms with Crippen molar-refractivity contribution in [2.75, 3.05) is 5.32 Å². The van der Waals surface area contributed by atoms with Gasteiger partial charge in [-0.2, -0.15) is 0 Å². The molecule has 3 unspecified atom stereocenters. The Morgan fingerprint density at radius 2 is 1.89 bits per heavy atom. The smallest absolute Gasteiger partial charge is 0.250 e. The molecule has 0 saturated carbocycles. The van der Waals surface area contributed by atoms with Crippen molar-refractivity contribution in [3.8, 4) is 0 Å². The lowest BCUT2D eigenvalue weighted by Crippen LogP contribution is -2.54. The molecule has 0 bridgehead atoms. The second-order valence-corrected chi connectivity index (χ2v) is 8.64. The number of nitrogens with one attached hydrogen (secondary N) is 2. The standard InChI is InChI=1S/C21H26FN3O3/c1-5-11(4)25-18(26)16-15(8-10(2)3)24-21(17(16)19(25)27)13-9-12(22)6-7-14(13)23-20(21)28/h6-7,9-11,15-17,24H,5,8H2,1-4H3,(H,23,28)/t11?,15?,16-,17+,21?/m0/s1. The van der Waals surface area contributed by atoms with Gasteiger partial charge in [-0.3, -0.25) is 24.6 Å². The van der Waals surface area contributed by atoms with Crippen LogP contribution in [0, 0.1) is 23.6 Å². The van der Waals surface area contributed by atoms with E-state index in [1.807, 2.05) is 27.7 Å². The Morgan fingerprint density at radius 3 is 2.54 bits per heavy atom. The van der Waals surface area contributed by atoms with E-state index in [1.54, 1.807) is 0 Å². The molecule has 0 aromatic heterocycles.